The highest BCUT2D eigenvalue weighted by atomic mass is 35.5. The molecule has 0 saturated carbocycles. The summed E-state index contributed by atoms with van der Waals surface area (Å²) in [4.78, 5) is 13.9. The quantitative estimate of drug-likeness (QED) is 0.700. The van der Waals surface area contributed by atoms with Crippen molar-refractivity contribution in [3.63, 3.8) is 0 Å². The van der Waals surface area contributed by atoms with Crippen LogP contribution in [0.4, 0.5) is 0 Å². The van der Waals surface area contributed by atoms with Gasteiger partial charge in [0.2, 0.25) is 5.91 Å². The van der Waals surface area contributed by atoms with Gasteiger partial charge in [0, 0.05) is 34.8 Å². The normalized spacial score (nSPS) is 10.9. The molecule has 0 atom stereocenters. The van der Waals surface area contributed by atoms with E-state index in [9.17, 15) is 4.79 Å². The van der Waals surface area contributed by atoms with Crippen LogP contribution in [0.15, 0.2) is 24.3 Å². The SMILES string of the molecule is CCCN(CCC)C(=O)/C=C/c1c(Cl)cccc1Cl. The standard InChI is InChI=1S/C15H19Cl2NO/c1-3-10-18(11-4-2)15(19)9-8-12-13(16)6-5-7-14(12)17/h5-9H,3-4,10-11H2,1-2H3/b9-8+. The maximum atomic E-state index is 12.1. The van der Waals surface area contributed by atoms with Gasteiger partial charge in [-0.05, 0) is 31.1 Å². The molecule has 2 nitrogen and oxygen atoms in total. The van der Waals surface area contributed by atoms with E-state index in [2.05, 4.69) is 13.8 Å². The molecule has 0 spiro atoms. The Labute approximate surface area is 125 Å². The number of hydrogen-bond acceptors (Lipinski definition) is 1. The summed E-state index contributed by atoms with van der Waals surface area (Å²) >= 11 is 12.1. The zero-order valence-corrected chi connectivity index (χ0v) is 12.8. The van der Waals surface area contributed by atoms with Crippen LogP contribution in [0.2, 0.25) is 10.0 Å². The molecule has 0 unspecified atom stereocenters. The summed E-state index contributed by atoms with van der Waals surface area (Å²) in [6.45, 7) is 5.66. The van der Waals surface area contributed by atoms with Gasteiger partial charge in [-0.2, -0.15) is 0 Å². The molecule has 0 N–H and O–H groups in total. The first kappa shape index (κ1) is 16.1. The van der Waals surface area contributed by atoms with Crippen LogP contribution < -0.4 is 0 Å². The molecular weight excluding hydrogens is 281 g/mol. The summed E-state index contributed by atoms with van der Waals surface area (Å²) in [5.41, 5.74) is 0.687. The molecule has 0 fully saturated rings. The van der Waals surface area contributed by atoms with Crippen LogP contribution in [0.3, 0.4) is 0 Å². The largest absolute Gasteiger partial charge is 0.339 e. The van der Waals surface area contributed by atoms with E-state index in [1.165, 1.54) is 0 Å². The summed E-state index contributed by atoms with van der Waals surface area (Å²) in [6.07, 6.45) is 5.13. The van der Waals surface area contributed by atoms with Gasteiger partial charge >= 0.3 is 0 Å². The second-order valence-corrected chi connectivity index (χ2v) is 5.11. The molecule has 4 heteroatoms. The average molecular weight is 300 g/mol. The molecule has 0 radical (unpaired) electrons. The maximum Gasteiger partial charge on any atom is 0.246 e. The topological polar surface area (TPSA) is 20.3 Å². The van der Waals surface area contributed by atoms with Crippen molar-refractivity contribution in [3.8, 4) is 0 Å². The minimum atomic E-state index is -0.000290. The van der Waals surface area contributed by atoms with E-state index in [4.69, 9.17) is 23.2 Å². The van der Waals surface area contributed by atoms with Gasteiger partial charge in [0.05, 0.1) is 0 Å². The Morgan fingerprint density at radius 1 is 1.16 bits per heavy atom. The van der Waals surface area contributed by atoms with Gasteiger partial charge < -0.3 is 4.90 Å². The molecule has 0 bridgehead atoms. The highest BCUT2D eigenvalue weighted by Crippen LogP contribution is 2.25. The van der Waals surface area contributed by atoms with Gasteiger partial charge in [-0.1, -0.05) is 43.1 Å². The lowest BCUT2D eigenvalue weighted by Gasteiger charge is -2.19. The Hall–Kier alpha value is -0.990. The second kappa shape index (κ2) is 8.23. The minimum absolute atomic E-state index is 0.000290. The number of benzene rings is 1. The van der Waals surface area contributed by atoms with Crippen LogP contribution in [0, 0.1) is 0 Å². The van der Waals surface area contributed by atoms with Crippen molar-refractivity contribution in [1.29, 1.82) is 0 Å². The van der Waals surface area contributed by atoms with E-state index < -0.39 is 0 Å². The molecule has 1 aromatic carbocycles. The van der Waals surface area contributed by atoms with E-state index in [1.807, 2.05) is 4.90 Å². The van der Waals surface area contributed by atoms with Crippen molar-refractivity contribution in [1.82, 2.24) is 4.90 Å². The first-order chi connectivity index (χ1) is 9.10. The highest BCUT2D eigenvalue weighted by molar-refractivity contribution is 6.37. The van der Waals surface area contributed by atoms with E-state index in [1.54, 1.807) is 30.4 Å². The lowest BCUT2D eigenvalue weighted by Crippen LogP contribution is -2.30. The van der Waals surface area contributed by atoms with E-state index in [0.717, 1.165) is 25.9 Å². The number of amides is 1. The van der Waals surface area contributed by atoms with Crippen molar-refractivity contribution in [2.45, 2.75) is 26.7 Å². The monoisotopic (exact) mass is 299 g/mol. The molecule has 0 aliphatic heterocycles. The fraction of sp³-hybridized carbons (Fsp3) is 0.400. The summed E-state index contributed by atoms with van der Waals surface area (Å²) in [5.74, 6) is -0.000290. The Morgan fingerprint density at radius 2 is 1.68 bits per heavy atom. The number of halogens is 2. The zero-order valence-electron chi connectivity index (χ0n) is 11.3. The van der Waals surface area contributed by atoms with E-state index in [-0.39, 0.29) is 5.91 Å². The Morgan fingerprint density at radius 3 is 2.16 bits per heavy atom. The number of hydrogen-bond donors (Lipinski definition) is 0. The Bertz CT molecular complexity index is 431. The van der Waals surface area contributed by atoms with Crippen molar-refractivity contribution < 1.29 is 4.79 Å². The molecule has 0 aliphatic rings. The lowest BCUT2D eigenvalue weighted by molar-refractivity contribution is -0.126. The number of nitrogens with zero attached hydrogens (tertiary/aromatic N) is 1. The minimum Gasteiger partial charge on any atom is -0.339 e. The van der Waals surface area contributed by atoms with Crippen molar-refractivity contribution >= 4 is 35.2 Å². The fourth-order valence-corrected chi connectivity index (χ4v) is 2.33. The van der Waals surface area contributed by atoms with Crippen molar-refractivity contribution in [2.75, 3.05) is 13.1 Å². The maximum absolute atomic E-state index is 12.1. The predicted octanol–water partition coefficient (Wildman–Crippen LogP) is 4.66. The third kappa shape index (κ3) is 4.88. The van der Waals surface area contributed by atoms with Gasteiger partial charge in [-0.3, -0.25) is 4.79 Å². The van der Waals surface area contributed by atoms with Crippen LogP contribution in [-0.4, -0.2) is 23.9 Å². The molecule has 1 rings (SSSR count). The van der Waals surface area contributed by atoms with Crippen LogP contribution in [-0.2, 0) is 4.79 Å². The van der Waals surface area contributed by atoms with E-state index >= 15 is 0 Å². The van der Waals surface area contributed by atoms with Crippen molar-refractivity contribution in [3.05, 3.63) is 39.9 Å². The summed E-state index contributed by atoms with van der Waals surface area (Å²) in [5, 5.41) is 1.10. The number of carbonyl (C=O) groups excluding carboxylic acids is 1. The molecule has 19 heavy (non-hydrogen) atoms. The fourth-order valence-electron chi connectivity index (χ4n) is 1.80. The molecule has 104 valence electrons. The molecule has 0 heterocycles. The number of carbonyl (C=O) groups is 1. The summed E-state index contributed by atoms with van der Waals surface area (Å²) in [7, 11) is 0. The van der Waals surface area contributed by atoms with E-state index in [0.29, 0.717) is 15.6 Å². The van der Waals surface area contributed by atoms with Gasteiger partial charge in [0.25, 0.3) is 0 Å². The first-order valence-electron chi connectivity index (χ1n) is 6.51. The predicted molar refractivity (Wildman–Crippen MR) is 82.7 cm³/mol. The summed E-state index contributed by atoms with van der Waals surface area (Å²) in [6, 6.07) is 5.30. The average Bonchev–Trinajstić information content (AvgIpc) is 2.37. The second-order valence-electron chi connectivity index (χ2n) is 4.29. The van der Waals surface area contributed by atoms with Gasteiger partial charge in [-0.15, -0.1) is 0 Å². The molecule has 1 amide bonds. The summed E-state index contributed by atoms with van der Waals surface area (Å²) < 4.78 is 0. The van der Waals surface area contributed by atoms with Crippen LogP contribution in [0.1, 0.15) is 32.3 Å². The third-order valence-corrected chi connectivity index (χ3v) is 3.35. The smallest absolute Gasteiger partial charge is 0.246 e. The van der Waals surface area contributed by atoms with Crippen molar-refractivity contribution in [2.24, 2.45) is 0 Å². The van der Waals surface area contributed by atoms with Crippen LogP contribution in [0.25, 0.3) is 6.08 Å². The molecule has 1 aromatic rings. The van der Waals surface area contributed by atoms with Gasteiger partial charge in [0.1, 0.15) is 0 Å². The van der Waals surface area contributed by atoms with Crippen LogP contribution in [0.5, 0.6) is 0 Å². The highest BCUT2D eigenvalue weighted by Gasteiger charge is 2.09. The van der Waals surface area contributed by atoms with Crippen LogP contribution >= 0.6 is 23.2 Å². The molecular formula is C15H19Cl2NO. The van der Waals surface area contributed by atoms with Gasteiger partial charge in [0.15, 0.2) is 0 Å². The molecule has 0 aliphatic carbocycles. The molecule has 0 aromatic heterocycles. The zero-order chi connectivity index (χ0) is 14.3. The Kier molecular flexibility index (Phi) is 6.96. The number of rotatable bonds is 6. The van der Waals surface area contributed by atoms with Gasteiger partial charge in [-0.25, -0.2) is 0 Å². The molecule has 0 saturated heterocycles. The first-order valence-corrected chi connectivity index (χ1v) is 7.26. The lowest BCUT2D eigenvalue weighted by atomic mass is 10.2. The third-order valence-electron chi connectivity index (χ3n) is 2.69. The Balaban J connectivity index is 2.82.